The van der Waals surface area contributed by atoms with Crippen molar-refractivity contribution in [2.45, 2.75) is 81.1 Å². The van der Waals surface area contributed by atoms with Crippen LogP contribution in [0, 0.1) is 62.2 Å². The summed E-state index contributed by atoms with van der Waals surface area (Å²) in [5, 5.41) is 0. The average Bonchev–Trinajstić information content (AvgIpc) is 3.34. The number of carbonyl (C=O) groups is 2. The Morgan fingerprint density at radius 3 is 1.22 bits per heavy atom. The van der Waals surface area contributed by atoms with E-state index in [1.54, 1.807) is 0 Å². The highest BCUT2D eigenvalue weighted by Gasteiger charge is 2.58. The number of carbonyl (C=O) groups excluding carboxylic acids is 2. The van der Waals surface area contributed by atoms with E-state index in [9.17, 15) is 9.59 Å². The van der Waals surface area contributed by atoms with Crippen molar-refractivity contribution in [2.24, 2.45) is 34.5 Å². The van der Waals surface area contributed by atoms with Crippen LogP contribution in [0.15, 0.2) is 11.1 Å². The smallest absolute Gasteiger partial charge is 0.165 e. The first-order valence-electron chi connectivity index (χ1n) is 12.6. The van der Waals surface area contributed by atoms with E-state index in [-0.39, 0.29) is 10.8 Å². The standard InChI is InChI=1S/C30H38O2/c1-15-16(2)24(14-26-22-10-12-30(8,20(22)6)28(26)32)18(4)17(3)23(15)13-25-21-9-11-29(7,19(21)5)27(25)31/h13-14,19-22H,9-12H2,1-8H3. The van der Waals surface area contributed by atoms with Crippen LogP contribution in [0.1, 0.15) is 86.8 Å². The predicted octanol–water partition coefficient (Wildman–Crippen LogP) is 6.96. The second-order valence-corrected chi connectivity index (χ2v) is 11.9. The zero-order valence-electron chi connectivity index (χ0n) is 21.1. The third kappa shape index (κ3) is 2.53. The monoisotopic (exact) mass is 430 g/mol. The Kier molecular flexibility index (Phi) is 4.63. The highest BCUT2D eigenvalue weighted by molar-refractivity contribution is 6.08. The lowest BCUT2D eigenvalue weighted by Gasteiger charge is -2.24. The summed E-state index contributed by atoms with van der Waals surface area (Å²) in [6, 6.07) is 0. The third-order valence-electron chi connectivity index (χ3n) is 10.9. The molecule has 6 atom stereocenters. The number of rotatable bonds is 2. The molecule has 4 saturated carbocycles. The normalized spacial score (nSPS) is 40.5. The van der Waals surface area contributed by atoms with Gasteiger partial charge in [-0.1, -0.05) is 27.7 Å². The molecule has 5 rings (SSSR count). The van der Waals surface area contributed by atoms with Crippen LogP contribution >= 0.6 is 0 Å². The van der Waals surface area contributed by atoms with Crippen LogP contribution in [0.3, 0.4) is 0 Å². The summed E-state index contributed by atoms with van der Waals surface area (Å²) in [6.07, 6.45) is 8.78. The number of fused-ring (bicyclic) bond motifs is 4. The fourth-order valence-corrected chi connectivity index (χ4v) is 7.70. The highest BCUT2D eigenvalue weighted by atomic mass is 16.1. The van der Waals surface area contributed by atoms with Crippen molar-refractivity contribution in [2.75, 3.05) is 0 Å². The fourth-order valence-electron chi connectivity index (χ4n) is 7.70. The lowest BCUT2D eigenvalue weighted by atomic mass is 9.79. The van der Waals surface area contributed by atoms with E-state index in [0.29, 0.717) is 35.2 Å². The zero-order chi connectivity index (χ0) is 23.3. The van der Waals surface area contributed by atoms with Gasteiger partial charge in [-0.3, -0.25) is 9.59 Å². The van der Waals surface area contributed by atoms with Crippen molar-refractivity contribution in [1.29, 1.82) is 0 Å². The van der Waals surface area contributed by atoms with Crippen LogP contribution in [-0.4, -0.2) is 11.6 Å². The molecule has 0 radical (unpaired) electrons. The van der Waals surface area contributed by atoms with Gasteiger partial charge >= 0.3 is 0 Å². The first kappa shape index (κ1) is 21.9. The van der Waals surface area contributed by atoms with Crippen molar-refractivity contribution in [1.82, 2.24) is 0 Å². The zero-order valence-corrected chi connectivity index (χ0v) is 21.1. The maximum atomic E-state index is 13.2. The minimum absolute atomic E-state index is 0.165. The summed E-state index contributed by atoms with van der Waals surface area (Å²) in [5.74, 6) is 2.44. The van der Waals surface area contributed by atoms with Crippen molar-refractivity contribution in [3.63, 3.8) is 0 Å². The van der Waals surface area contributed by atoms with Crippen LogP contribution in [0.4, 0.5) is 0 Å². The number of allylic oxidation sites excluding steroid dienone is 2. The Morgan fingerprint density at radius 2 is 0.969 bits per heavy atom. The third-order valence-corrected chi connectivity index (χ3v) is 10.9. The van der Waals surface area contributed by atoms with Crippen molar-refractivity contribution in [3.05, 3.63) is 44.5 Å². The number of hydrogen-bond acceptors (Lipinski definition) is 2. The van der Waals surface area contributed by atoms with Gasteiger partial charge in [0.2, 0.25) is 0 Å². The van der Waals surface area contributed by atoms with Gasteiger partial charge in [0, 0.05) is 10.8 Å². The average molecular weight is 431 g/mol. The van der Waals surface area contributed by atoms with Crippen molar-refractivity contribution >= 4 is 23.7 Å². The van der Waals surface area contributed by atoms with Gasteiger partial charge in [0.1, 0.15) is 0 Å². The second-order valence-electron chi connectivity index (χ2n) is 11.9. The largest absolute Gasteiger partial charge is 0.294 e. The predicted molar refractivity (Wildman–Crippen MR) is 131 cm³/mol. The Labute approximate surface area is 193 Å². The van der Waals surface area contributed by atoms with Gasteiger partial charge in [0.05, 0.1) is 0 Å². The Balaban J connectivity index is 1.61. The molecule has 0 aromatic heterocycles. The number of ketones is 2. The van der Waals surface area contributed by atoms with E-state index < -0.39 is 0 Å². The summed E-state index contributed by atoms with van der Waals surface area (Å²) in [5.41, 5.74) is 9.18. The quantitative estimate of drug-likeness (QED) is 0.475. The SMILES string of the molecule is Cc1c(C)c(C=C2C(=O)C3(C)CCC2C3C)c(C)c(C)c1C=C1C(=O)C2(C)CCC1C2C. The Morgan fingerprint density at radius 1 is 0.656 bits per heavy atom. The van der Waals surface area contributed by atoms with Gasteiger partial charge in [-0.05, 0) is 134 Å². The van der Waals surface area contributed by atoms with E-state index in [0.717, 1.165) is 36.8 Å². The first-order valence-corrected chi connectivity index (χ1v) is 12.6. The van der Waals surface area contributed by atoms with Crippen molar-refractivity contribution in [3.8, 4) is 0 Å². The summed E-state index contributed by atoms with van der Waals surface area (Å²) in [7, 11) is 0. The molecule has 4 aliphatic carbocycles. The molecule has 4 fully saturated rings. The van der Waals surface area contributed by atoms with Gasteiger partial charge < -0.3 is 0 Å². The minimum Gasteiger partial charge on any atom is -0.294 e. The molecular formula is C30H38O2. The fraction of sp³-hybridized carbons (Fsp3) is 0.600. The van der Waals surface area contributed by atoms with E-state index in [1.807, 2.05) is 0 Å². The van der Waals surface area contributed by atoms with Gasteiger partial charge in [0.25, 0.3) is 0 Å². The summed E-state index contributed by atoms with van der Waals surface area (Å²) in [6.45, 7) is 17.6. The van der Waals surface area contributed by atoms with Crippen LogP contribution in [-0.2, 0) is 9.59 Å². The van der Waals surface area contributed by atoms with E-state index >= 15 is 0 Å². The van der Waals surface area contributed by atoms with Crippen LogP contribution in [0.2, 0.25) is 0 Å². The molecule has 0 amide bonds. The molecule has 2 nitrogen and oxygen atoms in total. The molecule has 1 aromatic carbocycles. The first-order chi connectivity index (χ1) is 14.9. The second kappa shape index (κ2) is 6.78. The molecule has 32 heavy (non-hydrogen) atoms. The van der Waals surface area contributed by atoms with E-state index in [2.05, 4.69) is 67.5 Å². The highest BCUT2D eigenvalue weighted by Crippen LogP contribution is 2.59. The molecule has 170 valence electrons. The molecule has 4 bridgehead atoms. The van der Waals surface area contributed by atoms with Crippen LogP contribution in [0.5, 0.6) is 0 Å². The summed E-state index contributed by atoms with van der Waals surface area (Å²) >= 11 is 0. The Bertz CT molecular complexity index is 1010. The summed E-state index contributed by atoms with van der Waals surface area (Å²) in [4.78, 5) is 26.5. The Hall–Kier alpha value is -1.96. The van der Waals surface area contributed by atoms with Gasteiger partial charge in [-0.25, -0.2) is 0 Å². The molecule has 0 aliphatic heterocycles. The number of Topliss-reactive ketones (excluding diaryl/α,β-unsaturated/α-hetero) is 2. The molecule has 1 aromatic rings. The molecule has 0 spiro atoms. The molecule has 6 unspecified atom stereocenters. The molecule has 2 heteroatoms. The molecular weight excluding hydrogens is 392 g/mol. The molecule has 0 N–H and O–H groups in total. The molecule has 0 saturated heterocycles. The van der Waals surface area contributed by atoms with E-state index in [1.165, 1.54) is 33.4 Å². The van der Waals surface area contributed by atoms with E-state index in [4.69, 9.17) is 0 Å². The number of benzene rings is 1. The lowest BCUT2D eigenvalue weighted by molar-refractivity contribution is -0.124. The van der Waals surface area contributed by atoms with Gasteiger partial charge in [-0.15, -0.1) is 0 Å². The van der Waals surface area contributed by atoms with Crippen LogP contribution in [0.25, 0.3) is 12.2 Å². The maximum Gasteiger partial charge on any atom is 0.165 e. The van der Waals surface area contributed by atoms with Crippen LogP contribution < -0.4 is 0 Å². The molecule has 4 aliphatic rings. The van der Waals surface area contributed by atoms with Crippen molar-refractivity contribution < 1.29 is 9.59 Å². The van der Waals surface area contributed by atoms with Gasteiger partial charge in [-0.2, -0.15) is 0 Å². The molecule has 0 heterocycles. The minimum atomic E-state index is -0.165. The lowest BCUT2D eigenvalue weighted by Crippen LogP contribution is -2.25. The van der Waals surface area contributed by atoms with Gasteiger partial charge in [0.15, 0.2) is 11.6 Å². The summed E-state index contributed by atoms with van der Waals surface area (Å²) < 4.78 is 0. The number of hydrogen-bond donors (Lipinski definition) is 0. The topological polar surface area (TPSA) is 34.1 Å². The maximum absolute atomic E-state index is 13.2.